The molecule has 150 valence electrons. The quantitative estimate of drug-likeness (QED) is 0.660. The lowest BCUT2D eigenvalue weighted by atomic mass is 9.75. The second-order valence-electron chi connectivity index (χ2n) is 8.19. The molecule has 3 fully saturated rings. The van der Waals surface area contributed by atoms with Crippen LogP contribution in [0.15, 0.2) is 59.3 Å². The molecule has 29 heavy (non-hydrogen) atoms. The fourth-order valence-corrected chi connectivity index (χ4v) is 4.89. The number of nitrogens with one attached hydrogen (secondary N) is 2. The highest BCUT2D eigenvalue weighted by atomic mass is 16.3. The molecule has 4 atom stereocenters. The van der Waals surface area contributed by atoms with Gasteiger partial charge in [-0.3, -0.25) is 4.79 Å². The lowest BCUT2D eigenvalue weighted by molar-refractivity contribution is -0.945. The van der Waals surface area contributed by atoms with E-state index < -0.39 is 0 Å². The van der Waals surface area contributed by atoms with Crippen molar-refractivity contribution < 1.29 is 14.1 Å². The molecule has 0 spiro atoms. The van der Waals surface area contributed by atoms with Crippen LogP contribution >= 0.6 is 0 Å². The molecular formula is C22H26N5O2+. The van der Waals surface area contributed by atoms with Crippen molar-refractivity contribution in [1.82, 2.24) is 20.3 Å². The molecule has 6 rings (SSSR count). The van der Waals surface area contributed by atoms with Crippen LogP contribution in [-0.2, 0) is 17.9 Å². The molecule has 1 amide bonds. The average molecular weight is 392 g/mol. The summed E-state index contributed by atoms with van der Waals surface area (Å²) in [5.74, 6) is 1.51. The highest BCUT2D eigenvalue weighted by molar-refractivity contribution is 5.79. The number of furan rings is 1. The maximum Gasteiger partial charge on any atom is 0.229 e. The first-order chi connectivity index (χ1) is 14.3. The summed E-state index contributed by atoms with van der Waals surface area (Å²) in [6.07, 6.45) is 5.86. The summed E-state index contributed by atoms with van der Waals surface area (Å²) in [6.45, 7) is 3.36. The molecule has 7 heteroatoms. The Balaban J connectivity index is 1.19. The Labute approximate surface area is 169 Å². The summed E-state index contributed by atoms with van der Waals surface area (Å²) in [4.78, 5) is 14.2. The molecule has 3 aromatic rings. The number of nitrogens with zero attached hydrogens (tertiary/aromatic N) is 3. The molecule has 2 N–H and O–H groups in total. The third-order valence-corrected chi connectivity index (χ3v) is 6.42. The van der Waals surface area contributed by atoms with Crippen LogP contribution < -0.4 is 10.2 Å². The van der Waals surface area contributed by atoms with Crippen LogP contribution in [0.1, 0.15) is 18.6 Å². The minimum absolute atomic E-state index is 0.0978. The number of hydrogen-bond donors (Lipinski definition) is 2. The molecule has 2 bridgehead atoms. The van der Waals surface area contributed by atoms with Crippen LogP contribution in [0.5, 0.6) is 0 Å². The lowest BCUT2D eigenvalue weighted by Crippen LogP contribution is -3.20. The van der Waals surface area contributed by atoms with Gasteiger partial charge in [-0.1, -0.05) is 35.5 Å². The fourth-order valence-electron chi connectivity index (χ4n) is 4.89. The van der Waals surface area contributed by atoms with Gasteiger partial charge in [-0.25, -0.2) is 4.68 Å². The van der Waals surface area contributed by atoms with Gasteiger partial charge in [0.1, 0.15) is 17.5 Å². The van der Waals surface area contributed by atoms with Crippen molar-refractivity contribution >= 4 is 5.91 Å². The Morgan fingerprint density at radius 1 is 1.24 bits per heavy atom. The molecule has 0 aliphatic carbocycles. The van der Waals surface area contributed by atoms with Gasteiger partial charge in [0.25, 0.3) is 0 Å². The van der Waals surface area contributed by atoms with Gasteiger partial charge >= 0.3 is 0 Å². The molecule has 1 unspecified atom stereocenters. The second-order valence-corrected chi connectivity index (χ2v) is 8.19. The first kappa shape index (κ1) is 18.1. The van der Waals surface area contributed by atoms with Crippen molar-refractivity contribution in [2.45, 2.75) is 32.0 Å². The number of amides is 1. The topological polar surface area (TPSA) is 77.4 Å². The molecular weight excluding hydrogens is 366 g/mol. The number of fused-ring (bicyclic) bond motifs is 3. The fraction of sp³-hybridized carbons (Fsp3) is 0.409. The van der Waals surface area contributed by atoms with Gasteiger partial charge in [0.05, 0.1) is 44.6 Å². The zero-order valence-electron chi connectivity index (χ0n) is 16.3. The van der Waals surface area contributed by atoms with E-state index in [4.69, 9.17) is 4.42 Å². The van der Waals surface area contributed by atoms with Crippen molar-refractivity contribution in [2.24, 2.45) is 11.8 Å². The number of aromatic nitrogens is 3. The minimum Gasteiger partial charge on any atom is -0.467 e. The number of rotatable bonds is 6. The third-order valence-electron chi connectivity index (χ3n) is 6.42. The summed E-state index contributed by atoms with van der Waals surface area (Å²) >= 11 is 0. The summed E-state index contributed by atoms with van der Waals surface area (Å²) in [7, 11) is 0. The first-order valence-corrected chi connectivity index (χ1v) is 10.4. The highest BCUT2D eigenvalue weighted by Gasteiger charge is 2.46. The Morgan fingerprint density at radius 2 is 2.14 bits per heavy atom. The Morgan fingerprint density at radius 3 is 2.90 bits per heavy atom. The molecule has 1 aromatic carbocycles. The number of hydrogen-bond acceptors (Lipinski definition) is 4. The van der Waals surface area contributed by atoms with E-state index >= 15 is 0 Å². The molecule has 5 heterocycles. The summed E-state index contributed by atoms with van der Waals surface area (Å²) < 4.78 is 7.28. The molecule has 3 aliphatic heterocycles. The predicted molar refractivity (Wildman–Crippen MR) is 107 cm³/mol. The lowest BCUT2D eigenvalue weighted by Gasteiger charge is -2.46. The van der Waals surface area contributed by atoms with Crippen LogP contribution in [-0.4, -0.2) is 40.0 Å². The number of piperidine rings is 3. The smallest absolute Gasteiger partial charge is 0.229 e. The van der Waals surface area contributed by atoms with E-state index in [1.165, 1.54) is 4.90 Å². The molecule has 7 nitrogen and oxygen atoms in total. The zero-order valence-corrected chi connectivity index (χ0v) is 16.3. The summed E-state index contributed by atoms with van der Waals surface area (Å²) in [6, 6.07) is 14.4. The Bertz CT molecular complexity index is 953. The zero-order chi connectivity index (χ0) is 19.6. The SMILES string of the molecule is O=C(NCc1ccco1)[C@H]1C[NH+]2CC[C@@H]1C[C@@H]2Cn1cc(-c2ccccc2)nn1. The van der Waals surface area contributed by atoms with Crippen molar-refractivity contribution in [3.63, 3.8) is 0 Å². The molecule has 0 radical (unpaired) electrons. The van der Waals surface area contributed by atoms with Gasteiger partial charge in [0.15, 0.2) is 0 Å². The van der Waals surface area contributed by atoms with Crippen LogP contribution in [0.4, 0.5) is 0 Å². The minimum atomic E-state index is 0.0978. The van der Waals surface area contributed by atoms with E-state index in [1.807, 2.05) is 41.2 Å². The van der Waals surface area contributed by atoms with Crippen molar-refractivity contribution in [3.8, 4) is 11.3 Å². The van der Waals surface area contributed by atoms with Crippen molar-refractivity contribution in [3.05, 3.63) is 60.7 Å². The van der Waals surface area contributed by atoms with Crippen LogP contribution in [0.3, 0.4) is 0 Å². The Hall–Kier alpha value is -2.93. The number of carbonyl (C=O) groups is 1. The van der Waals surface area contributed by atoms with Gasteiger partial charge in [0.2, 0.25) is 5.91 Å². The number of benzene rings is 1. The van der Waals surface area contributed by atoms with E-state index in [9.17, 15) is 4.79 Å². The van der Waals surface area contributed by atoms with Crippen LogP contribution in [0, 0.1) is 11.8 Å². The molecule has 2 aromatic heterocycles. The third kappa shape index (κ3) is 3.82. The maximum absolute atomic E-state index is 12.7. The van der Waals surface area contributed by atoms with E-state index in [-0.39, 0.29) is 11.8 Å². The van der Waals surface area contributed by atoms with Gasteiger partial charge in [-0.05, 0) is 18.1 Å². The van der Waals surface area contributed by atoms with Gasteiger partial charge in [-0.15, -0.1) is 5.10 Å². The second kappa shape index (κ2) is 7.83. The molecule has 3 aliphatic rings. The summed E-state index contributed by atoms with van der Waals surface area (Å²) in [5.41, 5.74) is 2.00. The van der Waals surface area contributed by atoms with Gasteiger partial charge in [0, 0.05) is 18.4 Å². The van der Waals surface area contributed by atoms with Gasteiger partial charge in [-0.2, -0.15) is 0 Å². The first-order valence-electron chi connectivity index (χ1n) is 10.4. The average Bonchev–Trinajstić information content (AvgIpc) is 3.45. The van der Waals surface area contributed by atoms with Crippen molar-refractivity contribution in [2.75, 3.05) is 13.1 Å². The van der Waals surface area contributed by atoms with E-state index in [2.05, 4.69) is 27.8 Å². The summed E-state index contributed by atoms with van der Waals surface area (Å²) in [5, 5.41) is 11.7. The Kier molecular flexibility index (Phi) is 4.89. The van der Waals surface area contributed by atoms with Gasteiger partial charge < -0.3 is 14.6 Å². The van der Waals surface area contributed by atoms with E-state index in [0.717, 1.165) is 49.5 Å². The molecule has 0 saturated carbocycles. The standard InChI is InChI=1S/C22H25N5O2/c28-22(23-12-19-7-4-10-29-19)20-14-26-9-8-17(20)11-18(26)13-27-15-21(24-25-27)16-5-2-1-3-6-16/h1-7,10,15,17-18,20H,8-9,11-14H2,(H,23,28)/p+1/t17-,18-,20+/m1/s1. The normalized spacial score (nSPS) is 25.8. The number of carbonyl (C=O) groups excluding carboxylic acids is 1. The van der Waals surface area contributed by atoms with E-state index in [1.54, 1.807) is 6.26 Å². The maximum atomic E-state index is 12.7. The number of quaternary nitrogens is 1. The molecule has 3 saturated heterocycles. The van der Waals surface area contributed by atoms with Crippen molar-refractivity contribution in [1.29, 1.82) is 0 Å². The highest BCUT2D eigenvalue weighted by Crippen LogP contribution is 2.28. The predicted octanol–water partition coefficient (Wildman–Crippen LogP) is 1.15. The van der Waals surface area contributed by atoms with Crippen LogP contribution in [0.2, 0.25) is 0 Å². The largest absolute Gasteiger partial charge is 0.467 e. The monoisotopic (exact) mass is 392 g/mol. The van der Waals surface area contributed by atoms with E-state index in [0.29, 0.717) is 18.5 Å². The van der Waals surface area contributed by atoms with Crippen LogP contribution in [0.25, 0.3) is 11.3 Å².